The predicted molar refractivity (Wildman–Crippen MR) is 89.7 cm³/mol. The van der Waals surface area contributed by atoms with Gasteiger partial charge in [-0.15, -0.1) is 0 Å². The molecule has 152 valence electrons. The van der Waals surface area contributed by atoms with Gasteiger partial charge in [0.15, 0.2) is 6.61 Å². The van der Waals surface area contributed by atoms with Crippen molar-refractivity contribution in [1.29, 1.82) is 0 Å². The highest BCUT2D eigenvalue weighted by Gasteiger charge is 2.29. The average Bonchev–Trinajstić information content (AvgIpc) is 2.60. The molecular formula is C17H17F3N2O6. The summed E-state index contributed by atoms with van der Waals surface area (Å²) in [5.41, 5.74) is -0.307. The van der Waals surface area contributed by atoms with Crippen LogP contribution in [0.5, 0.6) is 11.8 Å². The first-order valence-electron chi connectivity index (χ1n) is 7.74. The van der Waals surface area contributed by atoms with Gasteiger partial charge in [-0.05, 0) is 38.1 Å². The van der Waals surface area contributed by atoms with E-state index in [1.165, 1.54) is 18.3 Å². The molecule has 0 aliphatic rings. The number of nitrogens with zero attached hydrogens (tertiary/aromatic N) is 2. The lowest BCUT2D eigenvalue weighted by atomic mass is 10.3. The monoisotopic (exact) mass is 402 g/mol. The number of carboxylic acid groups (broad SMARTS) is 2. The van der Waals surface area contributed by atoms with Crippen LogP contribution in [0.3, 0.4) is 0 Å². The number of hydrogen-bond donors (Lipinski definition) is 2. The third-order valence-electron chi connectivity index (χ3n) is 2.72. The third kappa shape index (κ3) is 7.89. The predicted octanol–water partition coefficient (Wildman–Crippen LogP) is 3.29. The number of carboxylic acids is 2. The van der Waals surface area contributed by atoms with Crippen LogP contribution >= 0.6 is 0 Å². The van der Waals surface area contributed by atoms with Gasteiger partial charge in [0.05, 0.1) is 6.10 Å². The fourth-order valence-electron chi connectivity index (χ4n) is 1.69. The SMILES string of the molecule is CC(C)Oc1ncccc1C(=O)O.O=C(O)c1cccnc1OCC(F)(F)F. The first kappa shape index (κ1) is 22.7. The molecule has 0 unspecified atom stereocenters. The van der Waals surface area contributed by atoms with E-state index in [1.807, 2.05) is 13.8 Å². The molecule has 0 aliphatic heterocycles. The van der Waals surface area contributed by atoms with Crippen LogP contribution < -0.4 is 9.47 Å². The Balaban J connectivity index is 0.000000283. The molecule has 2 heterocycles. The Labute approximate surface area is 157 Å². The van der Waals surface area contributed by atoms with E-state index in [1.54, 1.807) is 6.07 Å². The first-order valence-corrected chi connectivity index (χ1v) is 7.74. The summed E-state index contributed by atoms with van der Waals surface area (Å²) < 4.78 is 44.8. The van der Waals surface area contributed by atoms with Crippen LogP contribution in [0.4, 0.5) is 13.2 Å². The van der Waals surface area contributed by atoms with Crippen LogP contribution in [0.1, 0.15) is 34.6 Å². The zero-order valence-electron chi connectivity index (χ0n) is 14.8. The van der Waals surface area contributed by atoms with Gasteiger partial charge >= 0.3 is 18.1 Å². The summed E-state index contributed by atoms with van der Waals surface area (Å²) in [6.07, 6.45) is -1.94. The molecular weight excluding hydrogens is 385 g/mol. The highest BCUT2D eigenvalue weighted by Crippen LogP contribution is 2.19. The molecule has 28 heavy (non-hydrogen) atoms. The summed E-state index contributed by atoms with van der Waals surface area (Å²) in [5, 5.41) is 17.4. The van der Waals surface area contributed by atoms with E-state index in [0.29, 0.717) is 0 Å². The van der Waals surface area contributed by atoms with E-state index in [9.17, 15) is 22.8 Å². The molecule has 0 bridgehead atoms. The molecule has 0 amide bonds. The van der Waals surface area contributed by atoms with Gasteiger partial charge in [-0.1, -0.05) is 0 Å². The number of aromatic nitrogens is 2. The Hall–Kier alpha value is -3.37. The van der Waals surface area contributed by atoms with Gasteiger partial charge in [-0.25, -0.2) is 19.6 Å². The minimum Gasteiger partial charge on any atom is -0.477 e. The Bertz CT molecular complexity index is 811. The summed E-state index contributed by atoms with van der Waals surface area (Å²) in [6.45, 7) is 2.07. The summed E-state index contributed by atoms with van der Waals surface area (Å²) in [4.78, 5) is 28.5. The highest BCUT2D eigenvalue weighted by atomic mass is 19.4. The largest absolute Gasteiger partial charge is 0.477 e. The van der Waals surface area contributed by atoms with Crippen molar-refractivity contribution in [2.45, 2.75) is 26.1 Å². The average molecular weight is 402 g/mol. The molecule has 2 aromatic heterocycles. The van der Waals surface area contributed by atoms with Gasteiger partial charge in [0.2, 0.25) is 11.8 Å². The van der Waals surface area contributed by atoms with Crippen LogP contribution in [-0.2, 0) is 0 Å². The Morgan fingerprint density at radius 3 is 1.89 bits per heavy atom. The molecule has 11 heteroatoms. The molecule has 0 fully saturated rings. The lowest BCUT2D eigenvalue weighted by molar-refractivity contribution is -0.154. The quantitative estimate of drug-likeness (QED) is 0.756. The lowest BCUT2D eigenvalue weighted by Crippen LogP contribution is -2.20. The van der Waals surface area contributed by atoms with Crippen LogP contribution in [0.2, 0.25) is 0 Å². The molecule has 0 aliphatic carbocycles. The molecule has 0 atom stereocenters. The normalized spacial score (nSPS) is 10.6. The fourth-order valence-corrected chi connectivity index (χ4v) is 1.69. The summed E-state index contributed by atoms with van der Waals surface area (Å²) >= 11 is 0. The Morgan fingerprint density at radius 1 is 1.00 bits per heavy atom. The zero-order valence-corrected chi connectivity index (χ0v) is 14.8. The van der Waals surface area contributed by atoms with Gasteiger partial charge < -0.3 is 19.7 Å². The fraction of sp³-hybridized carbons (Fsp3) is 0.294. The van der Waals surface area contributed by atoms with Gasteiger partial charge in [-0.3, -0.25) is 0 Å². The number of ether oxygens (including phenoxy) is 2. The molecule has 0 aromatic carbocycles. The maximum Gasteiger partial charge on any atom is 0.422 e. The minimum absolute atomic E-state index is 0.0759. The van der Waals surface area contributed by atoms with Crippen molar-refractivity contribution >= 4 is 11.9 Å². The molecule has 2 aromatic rings. The molecule has 8 nitrogen and oxygen atoms in total. The van der Waals surface area contributed by atoms with E-state index < -0.39 is 36.2 Å². The zero-order chi connectivity index (χ0) is 21.3. The van der Waals surface area contributed by atoms with Crippen molar-refractivity contribution in [3.05, 3.63) is 47.8 Å². The lowest BCUT2D eigenvalue weighted by Gasteiger charge is -2.09. The maximum atomic E-state index is 11.8. The molecule has 0 saturated carbocycles. The molecule has 0 radical (unpaired) electrons. The summed E-state index contributed by atoms with van der Waals surface area (Å²) in [7, 11) is 0. The Morgan fingerprint density at radius 2 is 1.46 bits per heavy atom. The highest BCUT2D eigenvalue weighted by molar-refractivity contribution is 5.90. The number of aromatic carboxylic acids is 2. The van der Waals surface area contributed by atoms with Gasteiger partial charge in [0.25, 0.3) is 0 Å². The van der Waals surface area contributed by atoms with Crippen molar-refractivity contribution in [3.8, 4) is 11.8 Å². The van der Waals surface area contributed by atoms with E-state index >= 15 is 0 Å². The molecule has 0 spiro atoms. The maximum absolute atomic E-state index is 11.8. The number of pyridine rings is 2. The molecule has 0 saturated heterocycles. The van der Waals surface area contributed by atoms with E-state index in [4.69, 9.17) is 14.9 Å². The van der Waals surface area contributed by atoms with Gasteiger partial charge in [0.1, 0.15) is 11.1 Å². The second-order valence-electron chi connectivity index (χ2n) is 5.39. The number of halogens is 3. The number of alkyl halides is 3. The number of carbonyl (C=O) groups is 2. The number of rotatable bonds is 6. The Kier molecular flexibility index (Phi) is 8.17. The summed E-state index contributed by atoms with van der Waals surface area (Å²) in [5.74, 6) is -2.78. The van der Waals surface area contributed by atoms with Crippen molar-refractivity contribution < 1.29 is 42.4 Å². The van der Waals surface area contributed by atoms with E-state index in [0.717, 1.165) is 12.3 Å². The topological polar surface area (TPSA) is 119 Å². The standard InChI is InChI=1S/C9H11NO3.C8H6F3NO3/c1-6(2)13-8-7(9(11)12)4-3-5-10-8;9-8(10,11)4-15-6-5(7(13)14)2-1-3-12-6/h3-6H,1-2H3,(H,11,12);1-3H,4H2,(H,13,14). The van der Waals surface area contributed by atoms with Crippen LogP contribution in [0, 0.1) is 0 Å². The smallest absolute Gasteiger partial charge is 0.422 e. The summed E-state index contributed by atoms with van der Waals surface area (Å²) in [6, 6.07) is 5.44. The third-order valence-corrected chi connectivity index (χ3v) is 2.72. The van der Waals surface area contributed by atoms with Crippen LogP contribution in [0.25, 0.3) is 0 Å². The van der Waals surface area contributed by atoms with Crippen molar-refractivity contribution in [2.24, 2.45) is 0 Å². The molecule has 2 N–H and O–H groups in total. The number of hydrogen-bond acceptors (Lipinski definition) is 6. The van der Waals surface area contributed by atoms with Crippen molar-refractivity contribution in [3.63, 3.8) is 0 Å². The van der Waals surface area contributed by atoms with Gasteiger partial charge in [0, 0.05) is 12.4 Å². The molecule has 2 rings (SSSR count). The van der Waals surface area contributed by atoms with E-state index in [-0.39, 0.29) is 17.5 Å². The first-order chi connectivity index (χ1) is 13.0. The minimum atomic E-state index is -4.52. The van der Waals surface area contributed by atoms with Gasteiger partial charge in [-0.2, -0.15) is 13.2 Å². The van der Waals surface area contributed by atoms with Crippen molar-refractivity contribution in [1.82, 2.24) is 9.97 Å². The van der Waals surface area contributed by atoms with Crippen LogP contribution in [-0.4, -0.2) is 51.0 Å². The van der Waals surface area contributed by atoms with Crippen molar-refractivity contribution in [2.75, 3.05) is 6.61 Å². The van der Waals surface area contributed by atoms with E-state index in [2.05, 4.69) is 14.7 Å². The second kappa shape index (κ2) is 10.1. The second-order valence-corrected chi connectivity index (χ2v) is 5.39. The van der Waals surface area contributed by atoms with Crippen LogP contribution in [0.15, 0.2) is 36.7 Å².